The lowest BCUT2D eigenvalue weighted by Gasteiger charge is -2.17. The van der Waals surface area contributed by atoms with E-state index in [0.29, 0.717) is 6.04 Å². The fourth-order valence-corrected chi connectivity index (χ4v) is 2.65. The van der Waals surface area contributed by atoms with Crippen molar-refractivity contribution in [2.75, 3.05) is 14.2 Å². The van der Waals surface area contributed by atoms with Gasteiger partial charge in [0.15, 0.2) is 0 Å². The lowest BCUT2D eigenvalue weighted by atomic mass is 9.97. The van der Waals surface area contributed by atoms with E-state index in [9.17, 15) is 0 Å². The van der Waals surface area contributed by atoms with Gasteiger partial charge in [0, 0.05) is 6.04 Å². The van der Waals surface area contributed by atoms with E-state index in [1.54, 1.807) is 7.11 Å². The van der Waals surface area contributed by atoms with Gasteiger partial charge in [0.05, 0.1) is 7.11 Å². The van der Waals surface area contributed by atoms with Crippen LogP contribution in [-0.2, 0) is 12.8 Å². The van der Waals surface area contributed by atoms with Crippen LogP contribution in [0.1, 0.15) is 23.1 Å². The van der Waals surface area contributed by atoms with Crippen LogP contribution in [0.5, 0.6) is 5.75 Å². The summed E-state index contributed by atoms with van der Waals surface area (Å²) < 4.78 is 5.29. The number of rotatable bonds is 7. The molecule has 0 aliphatic carbocycles. The monoisotopic (exact) mass is 283 g/mol. The van der Waals surface area contributed by atoms with Crippen LogP contribution in [0.3, 0.4) is 0 Å². The molecule has 0 aromatic heterocycles. The van der Waals surface area contributed by atoms with Crippen molar-refractivity contribution >= 4 is 0 Å². The van der Waals surface area contributed by atoms with Crippen LogP contribution in [-0.4, -0.2) is 20.2 Å². The molecule has 0 saturated carbocycles. The summed E-state index contributed by atoms with van der Waals surface area (Å²) in [5.41, 5.74) is 4.15. The largest absolute Gasteiger partial charge is 0.497 e. The summed E-state index contributed by atoms with van der Waals surface area (Å²) in [6.45, 7) is 2.19. The Morgan fingerprint density at radius 3 is 2.62 bits per heavy atom. The Bertz CT molecular complexity index is 565. The number of likely N-dealkylation sites (N-methyl/N-ethyl adjacent to an activating group) is 1. The number of hydrogen-bond acceptors (Lipinski definition) is 2. The average molecular weight is 283 g/mol. The molecule has 0 fully saturated rings. The number of aryl methyl sites for hydroxylation is 2. The third kappa shape index (κ3) is 4.61. The van der Waals surface area contributed by atoms with E-state index in [4.69, 9.17) is 4.74 Å². The van der Waals surface area contributed by atoms with Gasteiger partial charge in [-0.1, -0.05) is 36.4 Å². The summed E-state index contributed by atoms with van der Waals surface area (Å²) >= 11 is 0. The molecule has 2 rings (SSSR count). The maximum Gasteiger partial charge on any atom is 0.119 e. The van der Waals surface area contributed by atoms with Gasteiger partial charge in [0.25, 0.3) is 0 Å². The second-order valence-corrected chi connectivity index (χ2v) is 5.51. The fourth-order valence-electron chi connectivity index (χ4n) is 2.65. The number of nitrogens with one attached hydrogen (secondary N) is 1. The summed E-state index contributed by atoms with van der Waals surface area (Å²) in [6.07, 6.45) is 3.28. The Labute approximate surface area is 128 Å². The molecule has 0 saturated heterocycles. The smallest absolute Gasteiger partial charge is 0.119 e. The predicted octanol–water partition coefficient (Wildman–Crippen LogP) is 3.77. The van der Waals surface area contributed by atoms with Crippen molar-refractivity contribution in [2.24, 2.45) is 0 Å². The average Bonchev–Trinajstić information content (AvgIpc) is 2.53. The summed E-state index contributed by atoms with van der Waals surface area (Å²) in [6, 6.07) is 17.5. The molecule has 2 aromatic rings. The zero-order valence-corrected chi connectivity index (χ0v) is 13.2. The van der Waals surface area contributed by atoms with Gasteiger partial charge in [-0.2, -0.15) is 0 Å². The van der Waals surface area contributed by atoms with Gasteiger partial charge in [0.2, 0.25) is 0 Å². The topological polar surface area (TPSA) is 21.3 Å². The minimum atomic E-state index is 0.483. The van der Waals surface area contributed by atoms with Crippen LogP contribution >= 0.6 is 0 Å². The molecule has 2 nitrogen and oxygen atoms in total. The maximum atomic E-state index is 5.29. The zero-order chi connectivity index (χ0) is 15.1. The van der Waals surface area contributed by atoms with Crippen molar-refractivity contribution in [3.8, 4) is 5.75 Å². The van der Waals surface area contributed by atoms with Crippen LogP contribution in [0, 0.1) is 6.92 Å². The van der Waals surface area contributed by atoms with Crippen molar-refractivity contribution in [3.63, 3.8) is 0 Å². The molecule has 2 aromatic carbocycles. The molecule has 1 atom stereocenters. The van der Waals surface area contributed by atoms with E-state index in [0.717, 1.165) is 25.0 Å². The molecule has 0 amide bonds. The number of methoxy groups -OCH3 is 1. The van der Waals surface area contributed by atoms with Gasteiger partial charge >= 0.3 is 0 Å². The minimum Gasteiger partial charge on any atom is -0.497 e. The molecule has 2 heteroatoms. The van der Waals surface area contributed by atoms with Crippen LogP contribution in [0.4, 0.5) is 0 Å². The Morgan fingerprint density at radius 2 is 1.90 bits per heavy atom. The Morgan fingerprint density at radius 1 is 1.10 bits per heavy atom. The van der Waals surface area contributed by atoms with Crippen molar-refractivity contribution < 1.29 is 4.74 Å². The van der Waals surface area contributed by atoms with E-state index in [1.165, 1.54) is 16.7 Å². The normalized spacial score (nSPS) is 12.1. The molecule has 0 aliphatic rings. The molecule has 1 unspecified atom stereocenters. The maximum absolute atomic E-state index is 5.29. The number of ether oxygens (including phenoxy) is 1. The van der Waals surface area contributed by atoms with Crippen LogP contribution < -0.4 is 10.1 Å². The van der Waals surface area contributed by atoms with Crippen LogP contribution in [0.15, 0.2) is 48.5 Å². The molecular formula is C19H25NO. The molecule has 0 radical (unpaired) electrons. The predicted molar refractivity (Wildman–Crippen MR) is 89.0 cm³/mol. The van der Waals surface area contributed by atoms with E-state index in [-0.39, 0.29) is 0 Å². The quantitative estimate of drug-likeness (QED) is 0.835. The van der Waals surface area contributed by atoms with Gasteiger partial charge in [-0.25, -0.2) is 0 Å². The standard InChI is InChI=1S/C19H25NO/c1-15-7-4-5-9-17(15)11-12-18(20-2)13-16-8-6-10-19(14-16)21-3/h4-10,14,18,20H,11-13H2,1-3H3. The Kier molecular flexibility index (Phi) is 5.82. The highest BCUT2D eigenvalue weighted by Crippen LogP contribution is 2.16. The Hall–Kier alpha value is -1.80. The van der Waals surface area contributed by atoms with E-state index in [1.807, 2.05) is 13.1 Å². The number of benzene rings is 2. The first-order chi connectivity index (χ1) is 10.2. The first-order valence-electron chi connectivity index (χ1n) is 7.57. The molecule has 1 N–H and O–H groups in total. The molecule has 0 bridgehead atoms. The van der Waals surface area contributed by atoms with Gasteiger partial charge in [-0.15, -0.1) is 0 Å². The third-order valence-corrected chi connectivity index (χ3v) is 4.05. The van der Waals surface area contributed by atoms with Gasteiger partial charge in [-0.05, 0) is 62.1 Å². The first kappa shape index (κ1) is 15.6. The first-order valence-corrected chi connectivity index (χ1v) is 7.57. The molecule has 0 spiro atoms. The summed E-state index contributed by atoms with van der Waals surface area (Å²) in [5.74, 6) is 0.932. The highest BCUT2D eigenvalue weighted by molar-refractivity contribution is 5.29. The molecule has 21 heavy (non-hydrogen) atoms. The highest BCUT2D eigenvalue weighted by Gasteiger charge is 2.09. The van der Waals surface area contributed by atoms with Gasteiger partial charge < -0.3 is 10.1 Å². The molecular weight excluding hydrogens is 258 g/mol. The van der Waals surface area contributed by atoms with Crippen molar-refractivity contribution in [1.29, 1.82) is 0 Å². The van der Waals surface area contributed by atoms with E-state index < -0.39 is 0 Å². The second-order valence-electron chi connectivity index (χ2n) is 5.51. The minimum absolute atomic E-state index is 0.483. The summed E-state index contributed by atoms with van der Waals surface area (Å²) in [4.78, 5) is 0. The van der Waals surface area contributed by atoms with Crippen LogP contribution in [0.2, 0.25) is 0 Å². The van der Waals surface area contributed by atoms with Crippen LogP contribution in [0.25, 0.3) is 0 Å². The van der Waals surface area contributed by atoms with E-state index >= 15 is 0 Å². The summed E-state index contributed by atoms with van der Waals surface area (Å²) in [5, 5.41) is 3.44. The zero-order valence-electron chi connectivity index (χ0n) is 13.2. The number of hydrogen-bond donors (Lipinski definition) is 1. The van der Waals surface area contributed by atoms with Crippen molar-refractivity contribution in [2.45, 2.75) is 32.2 Å². The van der Waals surface area contributed by atoms with Crippen molar-refractivity contribution in [3.05, 3.63) is 65.2 Å². The SMILES string of the molecule is CNC(CCc1ccccc1C)Cc1cccc(OC)c1. The third-order valence-electron chi connectivity index (χ3n) is 4.05. The molecule has 0 aliphatic heterocycles. The fraction of sp³-hybridized carbons (Fsp3) is 0.368. The van der Waals surface area contributed by atoms with Gasteiger partial charge in [-0.3, -0.25) is 0 Å². The highest BCUT2D eigenvalue weighted by atomic mass is 16.5. The Balaban J connectivity index is 1.95. The van der Waals surface area contributed by atoms with E-state index in [2.05, 4.69) is 54.7 Å². The lowest BCUT2D eigenvalue weighted by Crippen LogP contribution is -2.28. The van der Waals surface area contributed by atoms with Crippen molar-refractivity contribution in [1.82, 2.24) is 5.32 Å². The summed E-state index contributed by atoms with van der Waals surface area (Å²) in [7, 11) is 3.76. The molecule has 112 valence electrons. The van der Waals surface area contributed by atoms with Gasteiger partial charge in [0.1, 0.15) is 5.75 Å². The molecule has 0 heterocycles. The lowest BCUT2D eigenvalue weighted by molar-refractivity contribution is 0.413. The second kappa shape index (κ2) is 7.84.